The standard InChI is InChI=1S/C14H21NO3S/c1-11-4-3-5-12(2)14(11)18-8-7-15-13-6-9-19(16,17)10-13/h3-5,13,15H,6-10H2,1-2H3. The summed E-state index contributed by atoms with van der Waals surface area (Å²) in [6.45, 7) is 5.29. The maximum Gasteiger partial charge on any atom is 0.151 e. The third-order valence-electron chi connectivity index (χ3n) is 3.42. The Kier molecular flexibility index (Phi) is 4.47. The van der Waals surface area contributed by atoms with E-state index in [9.17, 15) is 8.42 Å². The molecule has 0 aromatic heterocycles. The van der Waals surface area contributed by atoms with Crippen LogP contribution in [-0.4, -0.2) is 39.1 Å². The summed E-state index contributed by atoms with van der Waals surface area (Å²) in [6.07, 6.45) is 0.714. The van der Waals surface area contributed by atoms with Crippen molar-refractivity contribution in [1.29, 1.82) is 0 Å². The Morgan fingerprint density at radius 2 is 2.00 bits per heavy atom. The molecule has 0 amide bonds. The Balaban J connectivity index is 1.76. The minimum Gasteiger partial charge on any atom is -0.492 e. The summed E-state index contributed by atoms with van der Waals surface area (Å²) in [5, 5.41) is 3.24. The number of benzene rings is 1. The highest BCUT2D eigenvalue weighted by molar-refractivity contribution is 7.91. The number of para-hydroxylation sites is 1. The van der Waals surface area contributed by atoms with E-state index in [1.54, 1.807) is 0 Å². The van der Waals surface area contributed by atoms with Crippen LogP contribution in [-0.2, 0) is 9.84 Å². The number of hydrogen-bond acceptors (Lipinski definition) is 4. The van der Waals surface area contributed by atoms with Gasteiger partial charge >= 0.3 is 0 Å². The van der Waals surface area contributed by atoms with Gasteiger partial charge in [-0.15, -0.1) is 0 Å². The highest BCUT2D eigenvalue weighted by Crippen LogP contribution is 2.22. The third kappa shape index (κ3) is 3.94. The van der Waals surface area contributed by atoms with Crippen molar-refractivity contribution in [3.63, 3.8) is 0 Å². The van der Waals surface area contributed by atoms with Crippen LogP contribution in [0.3, 0.4) is 0 Å². The van der Waals surface area contributed by atoms with E-state index in [0.717, 1.165) is 16.9 Å². The van der Waals surface area contributed by atoms with Crippen LogP contribution < -0.4 is 10.1 Å². The van der Waals surface area contributed by atoms with Crippen molar-refractivity contribution >= 4 is 9.84 Å². The number of aryl methyl sites for hydroxylation is 2. The maximum atomic E-state index is 11.3. The fraction of sp³-hybridized carbons (Fsp3) is 0.571. The Bertz CT molecular complexity index is 519. The molecule has 1 unspecified atom stereocenters. The fourth-order valence-electron chi connectivity index (χ4n) is 2.40. The SMILES string of the molecule is Cc1cccc(C)c1OCCNC1CCS(=O)(=O)C1. The zero-order valence-corrected chi connectivity index (χ0v) is 12.3. The minimum atomic E-state index is -2.80. The van der Waals surface area contributed by atoms with E-state index in [1.807, 2.05) is 32.0 Å². The van der Waals surface area contributed by atoms with E-state index >= 15 is 0 Å². The van der Waals surface area contributed by atoms with Crippen LogP contribution in [0.2, 0.25) is 0 Å². The normalized spacial score (nSPS) is 21.5. The lowest BCUT2D eigenvalue weighted by molar-refractivity contribution is 0.303. The summed E-state index contributed by atoms with van der Waals surface area (Å²) >= 11 is 0. The van der Waals surface area contributed by atoms with E-state index in [0.29, 0.717) is 25.3 Å². The zero-order valence-electron chi connectivity index (χ0n) is 11.5. The number of rotatable bonds is 5. The molecule has 1 aromatic rings. The fourth-order valence-corrected chi connectivity index (χ4v) is 4.11. The molecule has 1 heterocycles. The van der Waals surface area contributed by atoms with Crippen molar-refractivity contribution in [2.45, 2.75) is 26.3 Å². The van der Waals surface area contributed by atoms with Crippen molar-refractivity contribution in [1.82, 2.24) is 5.32 Å². The van der Waals surface area contributed by atoms with Crippen molar-refractivity contribution in [3.8, 4) is 5.75 Å². The van der Waals surface area contributed by atoms with Crippen LogP contribution in [0.4, 0.5) is 0 Å². The van der Waals surface area contributed by atoms with Gasteiger partial charge in [-0.1, -0.05) is 18.2 Å². The summed E-state index contributed by atoms with van der Waals surface area (Å²) in [7, 11) is -2.80. The first-order valence-corrected chi connectivity index (χ1v) is 8.43. The van der Waals surface area contributed by atoms with Gasteiger partial charge in [-0.2, -0.15) is 0 Å². The van der Waals surface area contributed by atoms with Gasteiger partial charge in [0.2, 0.25) is 0 Å². The maximum absolute atomic E-state index is 11.3. The van der Waals surface area contributed by atoms with Crippen molar-refractivity contribution in [3.05, 3.63) is 29.3 Å². The monoisotopic (exact) mass is 283 g/mol. The first-order chi connectivity index (χ1) is 8.98. The molecule has 1 atom stereocenters. The second-order valence-corrected chi connectivity index (χ2v) is 7.35. The molecule has 0 radical (unpaired) electrons. The average Bonchev–Trinajstić information content (AvgIpc) is 2.67. The molecule has 2 rings (SSSR count). The second kappa shape index (κ2) is 5.92. The first-order valence-electron chi connectivity index (χ1n) is 6.61. The molecule has 19 heavy (non-hydrogen) atoms. The Hall–Kier alpha value is -1.07. The van der Waals surface area contributed by atoms with Gasteiger partial charge in [0.1, 0.15) is 12.4 Å². The van der Waals surface area contributed by atoms with Gasteiger partial charge < -0.3 is 10.1 Å². The van der Waals surface area contributed by atoms with Crippen molar-refractivity contribution in [2.24, 2.45) is 0 Å². The van der Waals surface area contributed by atoms with E-state index in [1.165, 1.54) is 0 Å². The molecule has 1 N–H and O–H groups in total. The molecule has 1 saturated heterocycles. The largest absolute Gasteiger partial charge is 0.492 e. The third-order valence-corrected chi connectivity index (χ3v) is 5.19. The van der Waals surface area contributed by atoms with Crippen molar-refractivity contribution in [2.75, 3.05) is 24.7 Å². The minimum absolute atomic E-state index is 0.0894. The summed E-state index contributed by atoms with van der Waals surface area (Å²) in [6, 6.07) is 6.16. The van der Waals surface area contributed by atoms with Gasteiger partial charge in [0.25, 0.3) is 0 Å². The molecule has 1 fully saturated rings. The highest BCUT2D eigenvalue weighted by Gasteiger charge is 2.27. The lowest BCUT2D eigenvalue weighted by Gasteiger charge is -2.14. The van der Waals surface area contributed by atoms with E-state index in [4.69, 9.17) is 4.74 Å². The number of sulfone groups is 1. The van der Waals surface area contributed by atoms with E-state index in [2.05, 4.69) is 5.32 Å². The van der Waals surface area contributed by atoms with Crippen LogP contribution in [0.5, 0.6) is 5.75 Å². The molecule has 1 aliphatic rings. The lowest BCUT2D eigenvalue weighted by atomic mass is 10.1. The molecule has 0 spiro atoms. The van der Waals surface area contributed by atoms with Gasteiger partial charge in [0.05, 0.1) is 11.5 Å². The van der Waals surface area contributed by atoms with Crippen LogP contribution in [0.1, 0.15) is 17.5 Å². The molecular formula is C14H21NO3S. The lowest BCUT2D eigenvalue weighted by Crippen LogP contribution is -2.33. The van der Waals surface area contributed by atoms with Gasteiger partial charge in [-0.3, -0.25) is 0 Å². The summed E-state index contributed by atoms with van der Waals surface area (Å²) in [5.41, 5.74) is 2.26. The second-order valence-electron chi connectivity index (χ2n) is 5.12. The van der Waals surface area contributed by atoms with Crippen molar-refractivity contribution < 1.29 is 13.2 Å². The molecule has 0 aliphatic carbocycles. The highest BCUT2D eigenvalue weighted by atomic mass is 32.2. The summed E-state index contributed by atoms with van der Waals surface area (Å²) in [4.78, 5) is 0. The van der Waals surface area contributed by atoms with Gasteiger partial charge in [-0.25, -0.2) is 8.42 Å². The zero-order chi connectivity index (χ0) is 13.9. The first kappa shape index (κ1) is 14.3. The predicted molar refractivity (Wildman–Crippen MR) is 76.5 cm³/mol. The van der Waals surface area contributed by atoms with Crippen LogP contribution >= 0.6 is 0 Å². The quantitative estimate of drug-likeness (QED) is 0.831. The smallest absolute Gasteiger partial charge is 0.151 e. The van der Waals surface area contributed by atoms with Crippen LogP contribution in [0.15, 0.2) is 18.2 Å². The van der Waals surface area contributed by atoms with Crippen LogP contribution in [0, 0.1) is 13.8 Å². The average molecular weight is 283 g/mol. The Morgan fingerprint density at radius 1 is 1.32 bits per heavy atom. The molecule has 1 aliphatic heterocycles. The van der Waals surface area contributed by atoms with Crippen LogP contribution in [0.25, 0.3) is 0 Å². The Labute approximate surface area is 115 Å². The van der Waals surface area contributed by atoms with E-state index < -0.39 is 9.84 Å². The number of nitrogens with one attached hydrogen (secondary N) is 1. The summed E-state index contributed by atoms with van der Waals surface area (Å²) in [5.74, 6) is 1.50. The molecule has 4 nitrogen and oxygen atoms in total. The van der Waals surface area contributed by atoms with Gasteiger partial charge in [0, 0.05) is 12.6 Å². The molecule has 106 valence electrons. The molecule has 0 saturated carbocycles. The molecule has 5 heteroatoms. The predicted octanol–water partition coefficient (Wildman–Crippen LogP) is 1.46. The van der Waals surface area contributed by atoms with E-state index in [-0.39, 0.29) is 11.8 Å². The molecule has 1 aromatic carbocycles. The summed E-state index contributed by atoms with van der Waals surface area (Å²) < 4.78 is 28.4. The molecule has 0 bridgehead atoms. The number of hydrogen-bond donors (Lipinski definition) is 1. The number of ether oxygens (including phenoxy) is 1. The topological polar surface area (TPSA) is 55.4 Å². The Morgan fingerprint density at radius 3 is 2.58 bits per heavy atom. The van der Waals surface area contributed by atoms with Gasteiger partial charge in [-0.05, 0) is 31.4 Å². The van der Waals surface area contributed by atoms with Gasteiger partial charge in [0.15, 0.2) is 9.84 Å². The molecular weight excluding hydrogens is 262 g/mol.